The lowest BCUT2D eigenvalue weighted by Crippen LogP contribution is -2.36. The van der Waals surface area contributed by atoms with Crippen LogP contribution < -0.4 is 14.8 Å². The predicted octanol–water partition coefficient (Wildman–Crippen LogP) is 3.92. The molecular weight excluding hydrogens is 368 g/mol. The number of amides is 1. The number of phenolic OH excluding ortho intramolecular Hbond substituents is 1. The molecule has 1 amide bonds. The van der Waals surface area contributed by atoms with Gasteiger partial charge in [-0.1, -0.05) is 18.2 Å². The maximum absolute atomic E-state index is 12.6. The molecule has 0 unspecified atom stereocenters. The Morgan fingerprint density at radius 1 is 1.10 bits per heavy atom. The molecule has 0 bridgehead atoms. The van der Waals surface area contributed by atoms with Crippen molar-refractivity contribution in [3.05, 3.63) is 54.1 Å². The molecule has 0 spiro atoms. The highest BCUT2D eigenvalue weighted by molar-refractivity contribution is 5.94. The molecule has 2 N–H and O–H groups in total. The van der Waals surface area contributed by atoms with Crippen molar-refractivity contribution in [1.29, 1.82) is 0 Å². The Hall–Kier alpha value is -2.99. The predicted molar refractivity (Wildman–Crippen MR) is 115 cm³/mol. The summed E-state index contributed by atoms with van der Waals surface area (Å²) in [7, 11) is 0. The SMILES string of the molecule is CCOc1ccc(OCC)c(NC(=O)CN2CC=C(c3ccc(O)cc3)CC2)c1. The summed E-state index contributed by atoms with van der Waals surface area (Å²) in [4.78, 5) is 14.7. The summed E-state index contributed by atoms with van der Waals surface area (Å²) in [5.74, 6) is 1.52. The third-order valence-corrected chi connectivity index (χ3v) is 4.73. The van der Waals surface area contributed by atoms with Crippen LogP contribution in [0, 0.1) is 0 Å². The molecule has 2 aromatic carbocycles. The zero-order chi connectivity index (χ0) is 20.6. The molecule has 0 fully saturated rings. The normalized spacial score (nSPS) is 14.2. The highest BCUT2D eigenvalue weighted by atomic mass is 16.5. The van der Waals surface area contributed by atoms with Crippen LogP contribution in [0.15, 0.2) is 48.5 Å². The van der Waals surface area contributed by atoms with Crippen LogP contribution in [0.5, 0.6) is 17.2 Å². The second-order valence-electron chi connectivity index (χ2n) is 6.83. The van der Waals surface area contributed by atoms with Gasteiger partial charge in [-0.25, -0.2) is 0 Å². The maximum atomic E-state index is 12.6. The molecule has 154 valence electrons. The molecule has 0 saturated heterocycles. The lowest BCUT2D eigenvalue weighted by Gasteiger charge is -2.26. The van der Waals surface area contributed by atoms with Gasteiger partial charge in [0.25, 0.3) is 0 Å². The molecule has 6 nitrogen and oxygen atoms in total. The fourth-order valence-electron chi connectivity index (χ4n) is 3.33. The van der Waals surface area contributed by atoms with Gasteiger partial charge >= 0.3 is 0 Å². The van der Waals surface area contributed by atoms with Crippen LogP contribution in [0.25, 0.3) is 5.57 Å². The number of anilines is 1. The van der Waals surface area contributed by atoms with Gasteiger partial charge in [0.1, 0.15) is 17.2 Å². The zero-order valence-electron chi connectivity index (χ0n) is 17.0. The summed E-state index contributed by atoms with van der Waals surface area (Å²) in [5.41, 5.74) is 2.98. The smallest absolute Gasteiger partial charge is 0.238 e. The van der Waals surface area contributed by atoms with Crippen LogP contribution >= 0.6 is 0 Å². The van der Waals surface area contributed by atoms with E-state index in [2.05, 4.69) is 16.3 Å². The van der Waals surface area contributed by atoms with E-state index in [0.717, 1.165) is 18.5 Å². The Morgan fingerprint density at radius 3 is 2.52 bits per heavy atom. The Bertz CT molecular complexity index is 862. The third kappa shape index (κ3) is 5.74. The Kier molecular flexibility index (Phi) is 7.14. The Labute approximate surface area is 171 Å². The van der Waals surface area contributed by atoms with Crippen LogP contribution in [0.2, 0.25) is 0 Å². The first-order valence-electron chi connectivity index (χ1n) is 9.99. The quantitative estimate of drug-likeness (QED) is 0.708. The lowest BCUT2D eigenvalue weighted by molar-refractivity contribution is -0.117. The van der Waals surface area contributed by atoms with Crippen molar-refractivity contribution in [2.24, 2.45) is 0 Å². The molecule has 0 saturated carbocycles. The monoisotopic (exact) mass is 396 g/mol. The van der Waals surface area contributed by atoms with Crippen LogP contribution in [0.4, 0.5) is 5.69 Å². The van der Waals surface area contributed by atoms with Crippen molar-refractivity contribution < 1.29 is 19.4 Å². The average molecular weight is 396 g/mol. The molecule has 0 aliphatic carbocycles. The van der Waals surface area contributed by atoms with E-state index in [1.807, 2.05) is 38.1 Å². The first-order valence-corrected chi connectivity index (χ1v) is 9.99. The average Bonchev–Trinajstić information content (AvgIpc) is 2.71. The second kappa shape index (κ2) is 9.98. The number of nitrogens with one attached hydrogen (secondary N) is 1. The Morgan fingerprint density at radius 2 is 1.86 bits per heavy atom. The minimum atomic E-state index is -0.0823. The lowest BCUT2D eigenvalue weighted by atomic mass is 9.99. The van der Waals surface area contributed by atoms with Crippen LogP contribution in [-0.2, 0) is 4.79 Å². The van der Waals surface area contributed by atoms with Crippen molar-refractivity contribution in [3.8, 4) is 17.2 Å². The summed E-state index contributed by atoms with van der Waals surface area (Å²) < 4.78 is 11.2. The maximum Gasteiger partial charge on any atom is 0.238 e. The number of phenols is 1. The number of rotatable bonds is 8. The fraction of sp³-hybridized carbons (Fsp3) is 0.348. The molecule has 6 heteroatoms. The molecule has 1 heterocycles. The van der Waals surface area contributed by atoms with Gasteiger partial charge in [-0.15, -0.1) is 0 Å². The largest absolute Gasteiger partial charge is 0.508 e. The molecule has 0 aromatic heterocycles. The molecule has 1 aliphatic heterocycles. The summed E-state index contributed by atoms with van der Waals surface area (Å²) >= 11 is 0. The highest BCUT2D eigenvalue weighted by Crippen LogP contribution is 2.30. The summed E-state index contributed by atoms with van der Waals surface area (Å²) in [6.45, 7) is 6.74. The minimum Gasteiger partial charge on any atom is -0.508 e. The molecule has 1 aliphatic rings. The minimum absolute atomic E-state index is 0.0823. The van der Waals surface area contributed by atoms with Gasteiger partial charge in [0, 0.05) is 19.2 Å². The first-order chi connectivity index (χ1) is 14.1. The van der Waals surface area contributed by atoms with Gasteiger partial charge in [0.15, 0.2) is 0 Å². The second-order valence-corrected chi connectivity index (χ2v) is 6.83. The van der Waals surface area contributed by atoms with E-state index < -0.39 is 0 Å². The van der Waals surface area contributed by atoms with Crippen molar-refractivity contribution in [2.75, 3.05) is 38.2 Å². The third-order valence-electron chi connectivity index (χ3n) is 4.73. The van der Waals surface area contributed by atoms with E-state index in [0.29, 0.717) is 43.5 Å². The summed E-state index contributed by atoms with van der Waals surface area (Å²) in [5, 5.41) is 12.4. The molecule has 0 atom stereocenters. The van der Waals surface area contributed by atoms with Crippen molar-refractivity contribution in [1.82, 2.24) is 4.90 Å². The number of hydrogen-bond donors (Lipinski definition) is 2. The van der Waals surface area contributed by atoms with Gasteiger partial charge in [0.05, 0.1) is 25.4 Å². The molecule has 2 aromatic rings. The Balaban J connectivity index is 1.60. The standard InChI is InChI=1S/C23H28N2O4/c1-3-28-20-9-10-22(29-4-2)21(15-20)24-23(27)16-25-13-11-18(12-14-25)17-5-7-19(26)8-6-17/h5-11,15,26H,3-4,12-14,16H2,1-2H3,(H,24,27). The van der Waals surface area contributed by atoms with E-state index in [4.69, 9.17) is 9.47 Å². The highest BCUT2D eigenvalue weighted by Gasteiger charge is 2.17. The summed E-state index contributed by atoms with van der Waals surface area (Å²) in [6.07, 6.45) is 3.01. The topological polar surface area (TPSA) is 71.0 Å². The molecule has 3 rings (SSSR count). The van der Waals surface area contributed by atoms with Crippen LogP contribution in [0.3, 0.4) is 0 Å². The van der Waals surface area contributed by atoms with E-state index in [-0.39, 0.29) is 11.7 Å². The zero-order valence-corrected chi connectivity index (χ0v) is 17.0. The van der Waals surface area contributed by atoms with E-state index in [9.17, 15) is 9.90 Å². The van der Waals surface area contributed by atoms with Gasteiger partial charge in [-0.05, 0) is 55.7 Å². The number of benzene rings is 2. The van der Waals surface area contributed by atoms with Gasteiger partial charge < -0.3 is 19.9 Å². The summed E-state index contributed by atoms with van der Waals surface area (Å²) in [6, 6.07) is 12.7. The van der Waals surface area contributed by atoms with Crippen molar-refractivity contribution >= 4 is 17.2 Å². The van der Waals surface area contributed by atoms with Crippen molar-refractivity contribution in [2.45, 2.75) is 20.3 Å². The van der Waals surface area contributed by atoms with E-state index >= 15 is 0 Å². The van der Waals surface area contributed by atoms with Gasteiger partial charge in [-0.3, -0.25) is 9.69 Å². The van der Waals surface area contributed by atoms with Gasteiger partial charge in [-0.2, -0.15) is 0 Å². The van der Waals surface area contributed by atoms with Crippen molar-refractivity contribution in [3.63, 3.8) is 0 Å². The number of carbonyl (C=O) groups is 1. The number of nitrogens with zero attached hydrogens (tertiary/aromatic N) is 1. The van der Waals surface area contributed by atoms with Gasteiger partial charge in [0.2, 0.25) is 5.91 Å². The number of hydrogen-bond acceptors (Lipinski definition) is 5. The fourth-order valence-corrected chi connectivity index (χ4v) is 3.33. The first kappa shape index (κ1) is 20.7. The number of aromatic hydroxyl groups is 1. The van der Waals surface area contributed by atoms with Crippen LogP contribution in [0.1, 0.15) is 25.8 Å². The number of carbonyl (C=O) groups excluding carboxylic acids is 1. The molecular formula is C23H28N2O4. The number of ether oxygens (including phenoxy) is 2. The van der Waals surface area contributed by atoms with E-state index in [1.54, 1.807) is 18.2 Å². The molecule has 29 heavy (non-hydrogen) atoms. The van der Waals surface area contributed by atoms with Crippen LogP contribution in [-0.4, -0.2) is 48.8 Å². The van der Waals surface area contributed by atoms with E-state index in [1.165, 1.54) is 5.57 Å². The molecule has 0 radical (unpaired) electrons.